The maximum atomic E-state index is 8.61. The number of benzene rings is 1. The molecule has 1 saturated carbocycles. The summed E-state index contributed by atoms with van der Waals surface area (Å²) in [5.41, 5.74) is 7.12. The molecule has 4 nitrogen and oxygen atoms in total. The molecule has 0 heterocycles. The number of anilines is 1. The quantitative estimate of drug-likeness (QED) is 0.375. The van der Waals surface area contributed by atoms with Crippen LogP contribution in [-0.2, 0) is 0 Å². The van der Waals surface area contributed by atoms with Crippen molar-refractivity contribution in [3.05, 3.63) is 28.8 Å². The van der Waals surface area contributed by atoms with Crippen LogP contribution in [0.1, 0.15) is 18.4 Å². The highest BCUT2D eigenvalue weighted by Gasteiger charge is 2.23. The molecule has 5 heteroatoms. The minimum atomic E-state index is 0.0337. The van der Waals surface area contributed by atoms with Crippen LogP contribution in [0.25, 0.3) is 0 Å². The molecular weight excluding hydrogens is 238 g/mol. The van der Waals surface area contributed by atoms with Crippen LogP contribution in [0.15, 0.2) is 23.4 Å². The van der Waals surface area contributed by atoms with Crippen molar-refractivity contribution in [2.75, 3.05) is 18.5 Å². The van der Waals surface area contributed by atoms with Gasteiger partial charge in [-0.2, -0.15) is 0 Å². The Morgan fingerprint density at radius 1 is 1.59 bits per heavy atom. The molecule has 0 unspecified atom stereocenters. The van der Waals surface area contributed by atoms with Gasteiger partial charge in [0.25, 0.3) is 0 Å². The van der Waals surface area contributed by atoms with E-state index in [1.807, 2.05) is 19.2 Å². The monoisotopic (exact) mass is 253 g/mol. The van der Waals surface area contributed by atoms with E-state index in [1.165, 1.54) is 12.8 Å². The van der Waals surface area contributed by atoms with Gasteiger partial charge in [-0.25, -0.2) is 0 Å². The van der Waals surface area contributed by atoms with Gasteiger partial charge in [0, 0.05) is 24.8 Å². The topological polar surface area (TPSA) is 61.8 Å². The Morgan fingerprint density at radius 2 is 2.29 bits per heavy atom. The van der Waals surface area contributed by atoms with Crippen molar-refractivity contribution in [1.29, 1.82) is 0 Å². The Hall–Kier alpha value is -1.42. The van der Waals surface area contributed by atoms with E-state index >= 15 is 0 Å². The van der Waals surface area contributed by atoms with E-state index in [1.54, 1.807) is 6.07 Å². The van der Waals surface area contributed by atoms with Gasteiger partial charge in [-0.15, -0.1) is 0 Å². The molecule has 2 rings (SSSR count). The molecule has 0 saturated heterocycles. The van der Waals surface area contributed by atoms with Gasteiger partial charge in [0.15, 0.2) is 5.84 Å². The summed E-state index contributed by atoms with van der Waals surface area (Å²) in [5, 5.41) is 12.1. The molecule has 1 aromatic carbocycles. The van der Waals surface area contributed by atoms with E-state index in [0.717, 1.165) is 18.2 Å². The first-order chi connectivity index (χ1) is 8.11. The Labute approximate surface area is 106 Å². The van der Waals surface area contributed by atoms with E-state index in [0.29, 0.717) is 10.6 Å². The SMILES string of the molecule is CN(CC1CC1)c1ccc(C(N)=NO)c(Cl)c1. The predicted molar refractivity (Wildman–Crippen MR) is 70.0 cm³/mol. The molecule has 0 atom stereocenters. The first kappa shape index (κ1) is 12.0. The Balaban J connectivity index is 2.17. The average Bonchev–Trinajstić information content (AvgIpc) is 3.11. The van der Waals surface area contributed by atoms with Crippen molar-refractivity contribution in [2.45, 2.75) is 12.8 Å². The number of nitrogens with zero attached hydrogens (tertiary/aromatic N) is 2. The molecule has 3 N–H and O–H groups in total. The lowest BCUT2D eigenvalue weighted by atomic mass is 10.1. The highest BCUT2D eigenvalue weighted by atomic mass is 35.5. The van der Waals surface area contributed by atoms with Crippen LogP contribution in [0.4, 0.5) is 5.69 Å². The fraction of sp³-hybridized carbons (Fsp3) is 0.417. The third kappa shape index (κ3) is 2.82. The second-order valence-corrected chi connectivity index (χ2v) is 4.88. The Kier molecular flexibility index (Phi) is 3.43. The molecule has 92 valence electrons. The molecule has 0 radical (unpaired) electrons. The third-order valence-corrected chi connectivity index (χ3v) is 3.32. The van der Waals surface area contributed by atoms with Gasteiger partial charge >= 0.3 is 0 Å². The molecule has 0 aliphatic heterocycles. The molecule has 1 fully saturated rings. The zero-order valence-electron chi connectivity index (χ0n) is 9.73. The van der Waals surface area contributed by atoms with Gasteiger partial charge in [-0.1, -0.05) is 16.8 Å². The molecule has 0 amide bonds. The summed E-state index contributed by atoms with van der Waals surface area (Å²) in [6, 6.07) is 5.55. The van der Waals surface area contributed by atoms with Gasteiger partial charge in [-0.05, 0) is 37.0 Å². The number of hydrogen-bond acceptors (Lipinski definition) is 3. The van der Waals surface area contributed by atoms with Crippen molar-refractivity contribution in [2.24, 2.45) is 16.8 Å². The van der Waals surface area contributed by atoms with Crippen LogP contribution in [-0.4, -0.2) is 24.6 Å². The summed E-state index contributed by atoms with van der Waals surface area (Å²) in [6.45, 7) is 1.05. The molecule has 0 aromatic heterocycles. The van der Waals surface area contributed by atoms with Crippen LogP contribution in [0.3, 0.4) is 0 Å². The van der Waals surface area contributed by atoms with E-state index in [4.69, 9.17) is 22.5 Å². The maximum absolute atomic E-state index is 8.61. The lowest BCUT2D eigenvalue weighted by Gasteiger charge is -2.19. The normalized spacial score (nSPS) is 16.0. The first-order valence-corrected chi connectivity index (χ1v) is 5.98. The Bertz CT molecular complexity index is 443. The average molecular weight is 254 g/mol. The summed E-state index contributed by atoms with van der Waals surface area (Å²) in [7, 11) is 2.05. The largest absolute Gasteiger partial charge is 0.409 e. The molecule has 1 aliphatic carbocycles. The summed E-state index contributed by atoms with van der Waals surface area (Å²) >= 11 is 6.10. The van der Waals surface area contributed by atoms with Crippen LogP contribution >= 0.6 is 11.6 Å². The summed E-state index contributed by atoms with van der Waals surface area (Å²) in [5.74, 6) is 0.855. The molecule has 0 bridgehead atoms. The number of amidine groups is 1. The van der Waals surface area contributed by atoms with E-state index in [2.05, 4.69) is 10.1 Å². The number of oxime groups is 1. The minimum Gasteiger partial charge on any atom is -0.409 e. The van der Waals surface area contributed by atoms with Crippen molar-refractivity contribution >= 4 is 23.1 Å². The van der Waals surface area contributed by atoms with Crippen LogP contribution in [0, 0.1) is 5.92 Å². The van der Waals surface area contributed by atoms with Crippen LogP contribution in [0.2, 0.25) is 5.02 Å². The molecular formula is C12H16ClN3O. The van der Waals surface area contributed by atoms with E-state index in [-0.39, 0.29) is 5.84 Å². The van der Waals surface area contributed by atoms with Gasteiger partial charge in [0.1, 0.15) is 0 Å². The number of halogens is 1. The second kappa shape index (κ2) is 4.84. The molecule has 1 aromatic rings. The van der Waals surface area contributed by atoms with Crippen LogP contribution in [0.5, 0.6) is 0 Å². The first-order valence-electron chi connectivity index (χ1n) is 5.60. The van der Waals surface area contributed by atoms with Crippen molar-refractivity contribution in [1.82, 2.24) is 0 Å². The standard InChI is InChI=1S/C12H16ClN3O/c1-16(7-8-2-3-8)9-4-5-10(11(13)6-9)12(14)15-17/h4-6,8,17H,2-3,7H2,1H3,(H2,14,15). The van der Waals surface area contributed by atoms with Gasteiger partial charge < -0.3 is 15.8 Å². The fourth-order valence-corrected chi connectivity index (χ4v) is 2.07. The zero-order chi connectivity index (χ0) is 12.4. The number of hydrogen-bond donors (Lipinski definition) is 2. The van der Waals surface area contributed by atoms with Crippen molar-refractivity contribution in [3.63, 3.8) is 0 Å². The Morgan fingerprint density at radius 3 is 2.82 bits per heavy atom. The summed E-state index contributed by atoms with van der Waals surface area (Å²) < 4.78 is 0. The number of rotatable bonds is 4. The minimum absolute atomic E-state index is 0.0337. The van der Waals surface area contributed by atoms with Crippen molar-refractivity contribution in [3.8, 4) is 0 Å². The lowest BCUT2D eigenvalue weighted by Crippen LogP contribution is -2.20. The smallest absolute Gasteiger partial charge is 0.171 e. The number of nitrogens with two attached hydrogens (primary N) is 1. The van der Waals surface area contributed by atoms with E-state index < -0.39 is 0 Å². The predicted octanol–water partition coefficient (Wildman–Crippen LogP) is 2.28. The molecule has 17 heavy (non-hydrogen) atoms. The second-order valence-electron chi connectivity index (χ2n) is 4.47. The van der Waals surface area contributed by atoms with Gasteiger partial charge in [-0.3, -0.25) is 0 Å². The lowest BCUT2D eigenvalue weighted by molar-refractivity contribution is 0.318. The molecule has 0 spiro atoms. The summed E-state index contributed by atoms with van der Waals surface area (Å²) in [4.78, 5) is 2.18. The third-order valence-electron chi connectivity index (χ3n) is 3.01. The molecule has 1 aliphatic rings. The van der Waals surface area contributed by atoms with Gasteiger partial charge in [0.05, 0.1) is 5.02 Å². The highest BCUT2D eigenvalue weighted by molar-refractivity contribution is 6.34. The van der Waals surface area contributed by atoms with Gasteiger partial charge in [0.2, 0.25) is 0 Å². The maximum Gasteiger partial charge on any atom is 0.171 e. The zero-order valence-corrected chi connectivity index (χ0v) is 10.5. The van der Waals surface area contributed by atoms with Crippen molar-refractivity contribution < 1.29 is 5.21 Å². The van der Waals surface area contributed by atoms with Crippen LogP contribution < -0.4 is 10.6 Å². The fourth-order valence-electron chi connectivity index (χ4n) is 1.80. The van der Waals surface area contributed by atoms with E-state index in [9.17, 15) is 0 Å². The summed E-state index contributed by atoms with van der Waals surface area (Å²) in [6.07, 6.45) is 2.64. The highest BCUT2D eigenvalue weighted by Crippen LogP contribution is 2.31.